The Morgan fingerprint density at radius 1 is 1.24 bits per heavy atom. The molecule has 1 heterocycles. The number of aryl methyl sites for hydroxylation is 1. The van der Waals surface area contributed by atoms with Gasteiger partial charge in [-0.25, -0.2) is 13.2 Å². The molecular weight excluding hydrogens is 342 g/mol. The molecule has 1 aromatic carbocycles. The molecule has 1 amide bonds. The number of benzene rings is 1. The molecule has 0 N–H and O–H groups in total. The van der Waals surface area contributed by atoms with Crippen LogP contribution in [0, 0.1) is 18.3 Å². The Morgan fingerprint density at radius 3 is 2.36 bits per heavy atom. The Kier molecular flexibility index (Phi) is 6.04. The highest BCUT2D eigenvalue weighted by Gasteiger charge is 2.24. The van der Waals surface area contributed by atoms with Crippen LogP contribution >= 0.6 is 0 Å². The van der Waals surface area contributed by atoms with Crippen molar-refractivity contribution in [2.24, 2.45) is 0 Å². The highest BCUT2D eigenvalue weighted by molar-refractivity contribution is 7.95. The fourth-order valence-electron chi connectivity index (χ4n) is 2.42. The van der Waals surface area contributed by atoms with Crippen LogP contribution in [0.3, 0.4) is 0 Å². The zero-order chi connectivity index (χ0) is 18.4. The van der Waals surface area contributed by atoms with E-state index in [1.807, 2.05) is 6.92 Å². The third-order valence-corrected chi connectivity index (χ3v) is 5.54. The van der Waals surface area contributed by atoms with Gasteiger partial charge < -0.3 is 14.5 Å². The second kappa shape index (κ2) is 8.03. The first-order valence-corrected chi connectivity index (χ1v) is 9.46. The summed E-state index contributed by atoms with van der Waals surface area (Å²) in [4.78, 5) is 14.8. The van der Waals surface area contributed by atoms with Crippen LogP contribution in [0.25, 0.3) is 0 Å². The first-order chi connectivity index (χ1) is 11.9. The standard InChI is InChI=1S/C17H21N3O4S/c1-3-24-17(21)20-10-8-19(9-11-20)13-16(12-18)25(22,23)15-6-4-14(2)5-7-15/h4-7,13H,3,8-11H2,1-2H3. The quantitative estimate of drug-likeness (QED) is 0.759. The molecule has 1 aliphatic heterocycles. The summed E-state index contributed by atoms with van der Waals surface area (Å²) in [6.07, 6.45) is 0.983. The van der Waals surface area contributed by atoms with Crippen LogP contribution in [-0.2, 0) is 14.6 Å². The van der Waals surface area contributed by atoms with Crippen LogP contribution in [0.5, 0.6) is 0 Å². The molecule has 1 saturated heterocycles. The van der Waals surface area contributed by atoms with Gasteiger partial charge in [-0.1, -0.05) is 17.7 Å². The first-order valence-electron chi connectivity index (χ1n) is 7.98. The molecule has 134 valence electrons. The lowest BCUT2D eigenvalue weighted by Gasteiger charge is -2.33. The minimum atomic E-state index is -3.85. The third kappa shape index (κ3) is 4.51. The van der Waals surface area contributed by atoms with Crippen molar-refractivity contribution in [3.05, 3.63) is 40.9 Å². The highest BCUT2D eigenvalue weighted by atomic mass is 32.2. The number of nitrogens with zero attached hydrogens (tertiary/aromatic N) is 3. The number of hydrogen-bond acceptors (Lipinski definition) is 6. The number of ether oxygens (including phenoxy) is 1. The highest BCUT2D eigenvalue weighted by Crippen LogP contribution is 2.20. The van der Waals surface area contributed by atoms with Crippen LogP contribution in [0.15, 0.2) is 40.3 Å². The van der Waals surface area contributed by atoms with Gasteiger partial charge in [0.2, 0.25) is 9.84 Å². The predicted octanol–water partition coefficient (Wildman–Crippen LogP) is 1.91. The van der Waals surface area contributed by atoms with Gasteiger partial charge in [-0.3, -0.25) is 0 Å². The van der Waals surface area contributed by atoms with E-state index in [9.17, 15) is 18.5 Å². The fraction of sp³-hybridized carbons (Fsp3) is 0.412. The molecule has 0 spiro atoms. The van der Waals surface area contributed by atoms with Crippen molar-refractivity contribution in [2.75, 3.05) is 32.8 Å². The summed E-state index contributed by atoms with van der Waals surface area (Å²) < 4.78 is 30.2. The number of piperazine rings is 1. The summed E-state index contributed by atoms with van der Waals surface area (Å²) >= 11 is 0. The predicted molar refractivity (Wildman–Crippen MR) is 92.2 cm³/mol. The van der Waals surface area contributed by atoms with Gasteiger partial charge >= 0.3 is 6.09 Å². The number of carbonyl (C=O) groups is 1. The van der Waals surface area contributed by atoms with Crippen LogP contribution in [0.2, 0.25) is 0 Å². The Balaban J connectivity index is 2.12. The molecular formula is C17H21N3O4S. The molecule has 1 fully saturated rings. The number of sulfone groups is 1. The SMILES string of the molecule is CCOC(=O)N1CCN(C=C(C#N)S(=O)(=O)c2ccc(C)cc2)CC1. The van der Waals surface area contributed by atoms with E-state index in [0.29, 0.717) is 32.8 Å². The largest absolute Gasteiger partial charge is 0.450 e. The number of amides is 1. The summed E-state index contributed by atoms with van der Waals surface area (Å²) in [6, 6.07) is 8.16. The van der Waals surface area contributed by atoms with Crippen LogP contribution in [-0.4, -0.2) is 57.1 Å². The van der Waals surface area contributed by atoms with E-state index in [1.165, 1.54) is 18.3 Å². The van der Waals surface area contributed by atoms with Crippen molar-refractivity contribution < 1.29 is 17.9 Å². The Bertz CT molecular complexity index is 786. The Hall–Kier alpha value is -2.53. The van der Waals surface area contributed by atoms with Gasteiger partial charge in [0.25, 0.3) is 0 Å². The van der Waals surface area contributed by atoms with Gasteiger partial charge in [-0.2, -0.15) is 5.26 Å². The number of nitriles is 1. The molecule has 0 atom stereocenters. The average Bonchev–Trinajstić information content (AvgIpc) is 2.60. The van der Waals surface area contributed by atoms with Crippen LogP contribution in [0.4, 0.5) is 4.79 Å². The maximum absolute atomic E-state index is 12.6. The molecule has 0 unspecified atom stereocenters. The molecule has 0 radical (unpaired) electrons. The molecule has 25 heavy (non-hydrogen) atoms. The summed E-state index contributed by atoms with van der Waals surface area (Å²) in [5.74, 6) is 0. The minimum Gasteiger partial charge on any atom is -0.450 e. The maximum Gasteiger partial charge on any atom is 0.409 e. The number of hydrogen-bond donors (Lipinski definition) is 0. The minimum absolute atomic E-state index is 0.0936. The van der Waals surface area contributed by atoms with Crippen molar-refractivity contribution in [1.29, 1.82) is 5.26 Å². The van der Waals surface area contributed by atoms with Gasteiger partial charge in [-0.15, -0.1) is 0 Å². The number of carbonyl (C=O) groups excluding carboxylic acids is 1. The van der Waals surface area contributed by atoms with Crippen molar-refractivity contribution in [3.63, 3.8) is 0 Å². The fourth-order valence-corrected chi connectivity index (χ4v) is 3.57. The van der Waals surface area contributed by atoms with Crippen LogP contribution < -0.4 is 0 Å². The van der Waals surface area contributed by atoms with E-state index < -0.39 is 9.84 Å². The summed E-state index contributed by atoms with van der Waals surface area (Å²) in [5.41, 5.74) is 0.941. The third-order valence-electron chi connectivity index (χ3n) is 3.87. The van der Waals surface area contributed by atoms with Crippen LogP contribution in [0.1, 0.15) is 12.5 Å². The van der Waals surface area contributed by atoms with E-state index in [4.69, 9.17) is 4.74 Å². The van der Waals surface area contributed by atoms with Crippen molar-refractivity contribution in [3.8, 4) is 6.07 Å². The van der Waals surface area contributed by atoms with Crippen molar-refractivity contribution in [1.82, 2.24) is 9.80 Å². The molecule has 0 aromatic heterocycles. The molecule has 1 aromatic rings. The molecule has 1 aliphatic rings. The Morgan fingerprint density at radius 2 is 1.84 bits per heavy atom. The topological polar surface area (TPSA) is 90.7 Å². The van der Waals surface area contributed by atoms with Crippen molar-refractivity contribution in [2.45, 2.75) is 18.7 Å². The molecule has 2 rings (SSSR count). The zero-order valence-electron chi connectivity index (χ0n) is 14.3. The zero-order valence-corrected chi connectivity index (χ0v) is 15.1. The molecule has 0 aliphatic carbocycles. The summed E-state index contributed by atoms with van der Waals surface area (Å²) in [6.45, 7) is 5.62. The van der Waals surface area contributed by atoms with Gasteiger partial charge in [0.15, 0.2) is 4.91 Å². The molecule has 8 heteroatoms. The number of rotatable bonds is 4. The molecule has 7 nitrogen and oxygen atoms in total. The van der Waals surface area contributed by atoms with E-state index in [0.717, 1.165) is 5.56 Å². The van der Waals surface area contributed by atoms with Gasteiger partial charge in [0, 0.05) is 32.4 Å². The molecule has 0 bridgehead atoms. The second-order valence-corrected chi connectivity index (χ2v) is 7.56. The summed E-state index contributed by atoms with van der Waals surface area (Å²) in [5, 5.41) is 9.31. The van der Waals surface area contributed by atoms with Gasteiger partial charge in [-0.05, 0) is 26.0 Å². The normalized spacial score (nSPS) is 15.6. The van der Waals surface area contributed by atoms with E-state index >= 15 is 0 Å². The first kappa shape index (κ1) is 18.8. The van der Waals surface area contributed by atoms with Gasteiger partial charge in [0.05, 0.1) is 11.5 Å². The lowest BCUT2D eigenvalue weighted by atomic mass is 10.2. The van der Waals surface area contributed by atoms with E-state index in [1.54, 1.807) is 34.9 Å². The Labute approximate surface area is 148 Å². The second-order valence-electron chi connectivity index (χ2n) is 5.64. The lowest BCUT2D eigenvalue weighted by molar-refractivity contribution is 0.0890. The smallest absolute Gasteiger partial charge is 0.409 e. The monoisotopic (exact) mass is 363 g/mol. The van der Waals surface area contributed by atoms with Gasteiger partial charge in [0.1, 0.15) is 6.07 Å². The molecule has 0 saturated carbocycles. The lowest BCUT2D eigenvalue weighted by Crippen LogP contribution is -2.47. The van der Waals surface area contributed by atoms with E-state index in [-0.39, 0.29) is 15.9 Å². The average molecular weight is 363 g/mol. The maximum atomic E-state index is 12.6. The van der Waals surface area contributed by atoms with E-state index in [2.05, 4.69) is 0 Å². The number of allylic oxidation sites excluding steroid dienone is 1. The van der Waals surface area contributed by atoms with Crippen molar-refractivity contribution >= 4 is 15.9 Å². The summed E-state index contributed by atoms with van der Waals surface area (Å²) in [7, 11) is -3.85.